The Morgan fingerprint density at radius 1 is 1.26 bits per heavy atom. The Balaban J connectivity index is 1.61. The second kappa shape index (κ2) is 8.54. The summed E-state index contributed by atoms with van der Waals surface area (Å²) in [7, 11) is 0. The van der Waals surface area contributed by atoms with E-state index in [1.807, 2.05) is 37.3 Å². The number of hydrogen-bond acceptors (Lipinski definition) is 4. The van der Waals surface area contributed by atoms with Gasteiger partial charge in [-0.3, -0.25) is 10.4 Å². The van der Waals surface area contributed by atoms with Gasteiger partial charge in [-0.15, -0.1) is 0 Å². The first-order valence-electron chi connectivity index (χ1n) is 8.47. The molecule has 0 aliphatic carbocycles. The van der Waals surface area contributed by atoms with Crippen molar-refractivity contribution in [3.05, 3.63) is 53.9 Å². The second-order valence-corrected chi connectivity index (χ2v) is 6.04. The summed E-state index contributed by atoms with van der Waals surface area (Å²) in [6, 6.07) is 10.7. The van der Waals surface area contributed by atoms with Gasteiger partial charge in [-0.05, 0) is 12.5 Å². The fraction of sp³-hybridized carbons (Fsp3) is 0.278. The number of carbonyl (C=O) groups excluding carboxylic acids is 1. The van der Waals surface area contributed by atoms with Crippen molar-refractivity contribution in [2.45, 2.75) is 25.9 Å². The number of urea groups is 1. The molecule has 0 saturated carbocycles. The SMILES string of the molecule is CC(NC(=O)Nc1cc2n[nH]c(CNCC(F)F)c2cn1)c1ccccc1. The maximum Gasteiger partial charge on any atom is 0.320 e. The third kappa shape index (κ3) is 4.98. The summed E-state index contributed by atoms with van der Waals surface area (Å²) in [6.07, 6.45) is -0.862. The number of rotatable bonds is 7. The number of amides is 2. The number of fused-ring (bicyclic) bond motifs is 1. The van der Waals surface area contributed by atoms with Crippen LogP contribution < -0.4 is 16.0 Å². The number of halogens is 2. The van der Waals surface area contributed by atoms with Crippen LogP contribution in [0.1, 0.15) is 24.2 Å². The number of aromatic nitrogens is 3. The van der Waals surface area contributed by atoms with Crippen molar-refractivity contribution in [2.24, 2.45) is 0 Å². The average Bonchev–Trinajstić information content (AvgIpc) is 3.04. The highest BCUT2D eigenvalue weighted by Crippen LogP contribution is 2.18. The van der Waals surface area contributed by atoms with E-state index in [1.165, 1.54) is 0 Å². The Morgan fingerprint density at radius 3 is 2.78 bits per heavy atom. The van der Waals surface area contributed by atoms with Gasteiger partial charge in [0.2, 0.25) is 0 Å². The van der Waals surface area contributed by atoms with Crippen molar-refractivity contribution < 1.29 is 13.6 Å². The van der Waals surface area contributed by atoms with Crippen LogP contribution in [0.3, 0.4) is 0 Å². The standard InChI is InChI=1S/C18H20F2N6O/c1-11(12-5-3-2-4-6-12)23-18(27)24-17-7-14-13(8-22-17)15(26-25-14)9-21-10-16(19)20/h2-8,11,16,21H,9-10H2,1H3,(H,25,26)(H2,22,23,24,27). The summed E-state index contributed by atoms with van der Waals surface area (Å²) >= 11 is 0. The average molecular weight is 374 g/mol. The summed E-state index contributed by atoms with van der Waals surface area (Å²) in [5.41, 5.74) is 2.24. The van der Waals surface area contributed by atoms with Crippen LogP contribution in [-0.2, 0) is 6.54 Å². The normalized spacial score (nSPS) is 12.3. The molecular formula is C18H20F2N6O. The van der Waals surface area contributed by atoms with Gasteiger partial charge >= 0.3 is 6.03 Å². The molecule has 2 amide bonds. The summed E-state index contributed by atoms with van der Waals surface area (Å²) in [5, 5.41) is 15.8. The zero-order valence-electron chi connectivity index (χ0n) is 14.7. The van der Waals surface area contributed by atoms with Gasteiger partial charge in [-0.1, -0.05) is 30.3 Å². The largest absolute Gasteiger partial charge is 0.331 e. The fourth-order valence-electron chi connectivity index (χ4n) is 2.64. The number of H-pyrrole nitrogens is 1. The highest BCUT2D eigenvalue weighted by Gasteiger charge is 2.12. The molecule has 3 rings (SSSR count). The number of aromatic amines is 1. The first-order valence-corrected chi connectivity index (χ1v) is 8.47. The number of anilines is 1. The fourth-order valence-corrected chi connectivity index (χ4v) is 2.64. The minimum Gasteiger partial charge on any atom is -0.331 e. The zero-order chi connectivity index (χ0) is 19.2. The lowest BCUT2D eigenvalue weighted by molar-refractivity contribution is 0.145. The second-order valence-electron chi connectivity index (χ2n) is 6.04. The van der Waals surface area contributed by atoms with Crippen molar-refractivity contribution >= 4 is 22.8 Å². The summed E-state index contributed by atoms with van der Waals surface area (Å²) in [6.45, 7) is 1.72. The maximum absolute atomic E-state index is 12.2. The van der Waals surface area contributed by atoms with Gasteiger partial charge in [-0.25, -0.2) is 18.6 Å². The highest BCUT2D eigenvalue weighted by molar-refractivity contribution is 5.91. The Kier molecular flexibility index (Phi) is 5.92. The van der Waals surface area contributed by atoms with E-state index in [1.54, 1.807) is 12.3 Å². The molecule has 0 aliphatic rings. The summed E-state index contributed by atoms with van der Waals surface area (Å²) in [5.74, 6) is 0.346. The molecule has 142 valence electrons. The van der Waals surface area contributed by atoms with Crippen molar-refractivity contribution in [1.82, 2.24) is 25.8 Å². The van der Waals surface area contributed by atoms with Crippen molar-refractivity contribution in [1.29, 1.82) is 0 Å². The quantitative estimate of drug-likeness (QED) is 0.511. The van der Waals surface area contributed by atoms with Gasteiger partial charge in [0, 0.05) is 24.2 Å². The van der Waals surface area contributed by atoms with Gasteiger partial charge in [0.15, 0.2) is 0 Å². The van der Waals surface area contributed by atoms with Crippen LogP contribution in [0.4, 0.5) is 19.4 Å². The molecule has 3 aromatic rings. The molecule has 0 radical (unpaired) electrons. The van der Waals surface area contributed by atoms with Crippen molar-refractivity contribution in [2.75, 3.05) is 11.9 Å². The van der Waals surface area contributed by atoms with Crippen LogP contribution in [0.15, 0.2) is 42.6 Å². The third-order valence-electron chi connectivity index (χ3n) is 4.01. The lowest BCUT2D eigenvalue weighted by Gasteiger charge is -2.14. The number of pyridine rings is 1. The lowest BCUT2D eigenvalue weighted by atomic mass is 10.1. The number of alkyl halides is 2. The van der Waals surface area contributed by atoms with E-state index in [0.717, 1.165) is 5.56 Å². The van der Waals surface area contributed by atoms with Crippen LogP contribution in [0.5, 0.6) is 0 Å². The molecule has 0 saturated heterocycles. The molecule has 1 atom stereocenters. The van der Waals surface area contributed by atoms with E-state index >= 15 is 0 Å². The monoisotopic (exact) mass is 374 g/mol. The maximum atomic E-state index is 12.2. The molecule has 1 unspecified atom stereocenters. The van der Waals surface area contributed by atoms with Crippen molar-refractivity contribution in [3.8, 4) is 0 Å². The molecule has 2 aromatic heterocycles. The Hall–Kier alpha value is -3.07. The van der Waals surface area contributed by atoms with Gasteiger partial charge in [-0.2, -0.15) is 5.10 Å². The lowest BCUT2D eigenvalue weighted by Crippen LogP contribution is -2.31. The first kappa shape index (κ1) is 18.7. The van der Waals surface area contributed by atoms with Crippen LogP contribution in [-0.4, -0.2) is 34.2 Å². The number of hydrogen-bond donors (Lipinski definition) is 4. The van der Waals surface area contributed by atoms with Gasteiger partial charge in [0.05, 0.1) is 23.8 Å². The molecule has 0 aliphatic heterocycles. The Labute approximate surface area is 154 Å². The predicted octanol–water partition coefficient (Wildman–Crippen LogP) is 3.20. The van der Waals surface area contributed by atoms with Crippen LogP contribution in [0.25, 0.3) is 10.9 Å². The Bertz CT molecular complexity index is 899. The molecule has 0 bridgehead atoms. The molecule has 0 spiro atoms. The molecule has 7 nitrogen and oxygen atoms in total. The molecule has 27 heavy (non-hydrogen) atoms. The molecule has 9 heteroatoms. The van der Waals surface area contributed by atoms with E-state index in [-0.39, 0.29) is 18.6 Å². The third-order valence-corrected chi connectivity index (χ3v) is 4.01. The molecule has 4 N–H and O–H groups in total. The molecule has 2 heterocycles. The topological polar surface area (TPSA) is 94.7 Å². The minimum absolute atomic E-state index is 0.159. The Morgan fingerprint density at radius 2 is 2.04 bits per heavy atom. The number of nitrogens with zero attached hydrogens (tertiary/aromatic N) is 2. The van der Waals surface area contributed by atoms with E-state index in [2.05, 4.69) is 31.1 Å². The van der Waals surface area contributed by atoms with Gasteiger partial charge < -0.3 is 10.6 Å². The van der Waals surface area contributed by atoms with E-state index in [4.69, 9.17) is 0 Å². The zero-order valence-corrected chi connectivity index (χ0v) is 14.7. The molecule has 1 aromatic carbocycles. The molecule has 0 fully saturated rings. The van der Waals surface area contributed by atoms with Gasteiger partial charge in [0.1, 0.15) is 5.82 Å². The van der Waals surface area contributed by atoms with Crippen LogP contribution in [0.2, 0.25) is 0 Å². The number of carbonyl (C=O) groups is 1. The van der Waals surface area contributed by atoms with E-state index in [0.29, 0.717) is 22.4 Å². The number of benzene rings is 1. The van der Waals surface area contributed by atoms with Crippen molar-refractivity contribution in [3.63, 3.8) is 0 Å². The predicted molar refractivity (Wildman–Crippen MR) is 98.6 cm³/mol. The van der Waals surface area contributed by atoms with E-state index < -0.39 is 13.0 Å². The minimum atomic E-state index is -2.41. The summed E-state index contributed by atoms with van der Waals surface area (Å²) in [4.78, 5) is 16.4. The first-order chi connectivity index (χ1) is 13.0. The van der Waals surface area contributed by atoms with Crippen LogP contribution in [0, 0.1) is 0 Å². The molecular weight excluding hydrogens is 354 g/mol. The smallest absolute Gasteiger partial charge is 0.320 e. The van der Waals surface area contributed by atoms with E-state index in [9.17, 15) is 13.6 Å². The van der Waals surface area contributed by atoms with Crippen LogP contribution >= 0.6 is 0 Å². The number of nitrogens with one attached hydrogen (secondary N) is 4. The highest BCUT2D eigenvalue weighted by atomic mass is 19.3. The van der Waals surface area contributed by atoms with Gasteiger partial charge in [0.25, 0.3) is 6.43 Å². The summed E-state index contributed by atoms with van der Waals surface area (Å²) < 4.78 is 24.4.